The zero-order valence-corrected chi connectivity index (χ0v) is 9.83. The van der Waals surface area contributed by atoms with Crippen LogP contribution in [0.5, 0.6) is 0 Å². The van der Waals surface area contributed by atoms with E-state index < -0.39 is 0 Å². The molecule has 2 rings (SSSR count). The summed E-state index contributed by atoms with van der Waals surface area (Å²) >= 11 is 0. The van der Waals surface area contributed by atoms with Gasteiger partial charge in [-0.05, 0) is 57.0 Å². The summed E-state index contributed by atoms with van der Waals surface area (Å²) in [5.41, 5.74) is 9.60. The molecular formula is C13H20N2. The van der Waals surface area contributed by atoms with E-state index in [-0.39, 0.29) is 0 Å². The second-order valence-corrected chi connectivity index (χ2v) is 4.77. The van der Waals surface area contributed by atoms with Crippen molar-refractivity contribution in [2.45, 2.75) is 38.8 Å². The molecule has 0 spiro atoms. The highest BCUT2D eigenvalue weighted by Crippen LogP contribution is 2.36. The van der Waals surface area contributed by atoms with Crippen molar-refractivity contribution in [1.29, 1.82) is 0 Å². The van der Waals surface area contributed by atoms with Crippen LogP contribution in [0.4, 0.5) is 5.69 Å². The molecule has 15 heavy (non-hydrogen) atoms. The van der Waals surface area contributed by atoms with Crippen molar-refractivity contribution in [3.8, 4) is 0 Å². The first-order valence-corrected chi connectivity index (χ1v) is 5.70. The van der Waals surface area contributed by atoms with Gasteiger partial charge in [-0.2, -0.15) is 0 Å². The van der Waals surface area contributed by atoms with Gasteiger partial charge in [0.15, 0.2) is 0 Å². The molecule has 0 aromatic heterocycles. The monoisotopic (exact) mass is 204 g/mol. The highest BCUT2D eigenvalue weighted by atomic mass is 15.2. The molecule has 1 aromatic rings. The Balaban J connectivity index is 2.29. The van der Waals surface area contributed by atoms with E-state index >= 15 is 0 Å². The van der Waals surface area contributed by atoms with Crippen molar-refractivity contribution in [3.05, 3.63) is 29.3 Å². The highest BCUT2D eigenvalue weighted by Gasteiger charge is 2.26. The van der Waals surface area contributed by atoms with Gasteiger partial charge in [-0.3, -0.25) is 4.90 Å². The Morgan fingerprint density at radius 2 is 2.13 bits per heavy atom. The summed E-state index contributed by atoms with van der Waals surface area (Å²) in [5.74, 6) is 0. The molecule has 2 N–H and O–H groups in total. The summed E-state index contributed by atoms with van der Waals surface area (Å²) in [4.78, 5) is 2.45. The van der Waals surface area contributed by atoms with E-state index in [4.69, 9.17) is 5.73 Å². The highest BCUT2D eigenvalue weighted by molar-refractivity contribution is 5.47. The van der Waals surface area contributed by atoms with Gasteiger partial charge in [0.1, 0.15) is 0 Å². The first-order chi connectivity index (χ1) is 7.09. The summed E-state index contributed by atoms with van der Waals surface area (Å²) < 4.78 is 0. The molecule has 0 radical (unpaired) electrons. The number of fused-ring (bicyclic) bond motifs is 1. The van der Waals surface area contributed by atoms with Gasteiger partial charge in [0, 0.05) is 17.8 Å². The third-order valence-corrected chi connectivity index (χ3v) is 3.52. The summed E-state index contributed by atoms with van der Waals surface area (Å²) in [6.45, 7) is 4.49. The van der Waals surface area contributed by atoms with E-state index in [0.717, 1.165) is 5.69 Å². The lowest BCUT2D eigenvalue weighted by atomic mass is 10.1. The third kappa shape index (κ3) is 1.86. The minimum atomic E-state index is 0.584. The molecule has 0 aliphatic heterocycles. The molecule has 0 amide bonds. The third-order valence-electron chi connectivity index (χ3n) is 3.52. The summed E-state index contributed by atoms with van der Waals surface area (Å²) in [6, 6.07) is 7.52. The minimum absolute atomic E-state index is 0.584. The lowest BCUT2D eigenvalue weighted by Crippen LogP contribution is -2.29. The van der Waals surface area contributed by atoms with Crippen molar-refractivity contribution in [2.75, 3.05) is 12.8 Å². The van der Waals surface area contributed by atoms with Gasteiger partial charge in [-0.15, -0.1) is 0 Å². The number of hydrogen-bond acceptors (Lipinski definition) is 2. The summed E-state index contributed by atoms with van der Waals surface area (Å²) in [5, 5.41) is 0. The van der Waals surface area contributed by atoms with Crippen LogP contribution in [0.3, 0.4) is 0 Å². The van der Waals surface area contributed by atoms with Crippen LogP contribution in [-0.4, -0.2) is 18.0 Å². The Morgan fingerprint density at radius 3 is 2.80 bits per heavy atom. The topological polar surface area (TPSA) is 29.3 Å². The Kier molecular flexibility index (Phi) is 2.70. The van der Waals surface area contributed by atoms with E-state index in [1.807, 2.05) is 6.07 Å². The molecule has 0 fully saturated rings. The van der Waals surface area contributed by atoms with E-state index in [1.54, 1.807) is 0 Å². The van der Waals surface area contributed by atoms with Crippen molar-refractivity contribution >= 4 is 5.69 Å². The van der Waals surface area contributed by atoms with E-state index in [0.29, 0.717) is 12.1 Å². The molecule has 1 aliphatic carbocycles. The second-order valence-electron chi connectivity index (χ2n) is 4.77. The largest absolute Gasteiger partial charge is 0.399 e. The fraction of sp³-hybridized carbons (Fsp3) is 0.538. The first-order valence-electron chi connectivity index (χ1n) is 5.70. The maximum Gasteiger partial charge on any atom is 0.0353 e. The summed E-state index contributed by atoms with van der Waals surface area (Å²) in [6.07, 6.45) is 2.40. The first kappa shape index (κ1) is 10.5. The maximum atomic E-state index is 5.80. The van der Waals surface area contributed by atoms with Gasteiger partial charge >= 0.3 is 0 Å². The SMILES string of the molecule is CC(C)N(C)C1CCc2cc(N)ccc21. The molecule has 1 unspecified atom stereocenters. The van der Waals surface area contributed by atoms with Crippen LogP contribution in [0, 0.1) is 0 Å². The normalized spacial score (nSPS) is 19.9. The van der Waals surface area contributed by atoms with E-state index in [2.05, 4.69) is 37.9 Å². The molecule has 2 heteroatoms. The van der Waals surface area contributed by atoms with Gasteiger partial charge in [0.2, 0.25) is 0 Å². The number of benzene rings is 1. The number of rotatable bonds is 2. The number of nitrogen functional groups attached to an aromatic ring is 1. The van der Waals surface area contributed by atoms with Crippen LogP contribution < -0.4 is 5.73 Å². The molecule has 0 saturated carbocycles. The average Bonchev–Trinajstić information content (AvgIpc) is 2.59. The quantitative estimate of drug-likeness (QED) is 0.750. The molecule has 1 atom stereocenters. The minimum Gasteiger partial charge on any atom is -0.399 e. The van der Waals surface area contributed by atoms with Crippen molar-refractivity contribution in [2.24, 2.45) is 0 Å². The van der Waals surface area contributed by atoms with Crippen LogP contribution in [-0.2, 0) is 6.42 Å². The van der Waals surface area contributed by atoms with Gasteiger partial charge in [-0.25, -0.2) is 0 Å². The Bertz CT molecular complexity index is 358. The van der Waals surface area contributed by atoms with Crippen molar-refractivity contribution in [3.63, 3.8) is 0 Å². The lowest BCUT2D eigenvalue weighted by molar-refractivity contribution is 0.196. The van der Waals surface area contributed by atoms with Gasteiger partial charge in [-0.1, -0.05) is 6.07 Å². The number of nitrogens with zero attached hydrogens (tertiary/aromatic N) is 1. The molecule has 1 aromatic carbocycles. The standard InChI is InChI=1S/C13H20N2/c1-9(2)15(3)13-7-4-10-8-11(14)5-6-12(10)13/h5-6,8-9,13H,4,7,14H2,1-3H3. The van der Waals surface area contributed by atoms with E-state index in [1.165, 1.54) is 24.0 Å². The van der Waals surface area contributed by atoms with Crippen LogP contribution in [0.1, 0.15) is 37.4 Å². The Morgan fingerprint density at radius 1 is 1.40 bits per heavy atom. The number of aryl methyl sites for hydroxylation is 1. The number of anilines is 1. The molecule has 0 heterocycles. The smallest absolute Gasteiger partial charge is 0.0353 e. The summed E-state index contributed by atoms with van der Waals surface area (Å²) in [7, 11) is 2.21. The van der Waals surface area contributed by atoms with Crippen LogP contribution in [0.2, 0.25) is 0 Å². The lowest BCUT2D eigenvalue weighted by Gasteiger charge is -2.28. The molecule has 0 saturated heterocycles. The fourth-order valence-electron chi connectivity index (χ4n) is 2.40. The number of hydrogen-bond donors (Lipinski definition) is 1. The van der Waals surface area contributed by atoms with E-state index in [9.17, 15) is 0 Å². The number of nitrogens with two attached hydrogens (primary N) is 1. The molecule has 0 bridgehead atoms. The fourth-order valence-corrected chi connectivity index (χ4v) is 2.40. The van der Waals surface area contributed by atoms with Gasteiger partial charge in [0.25, 0.3) is 0 Å². The molecule has 1 aliphatic rings. The Labute approximate surface area is 92.1 Å². The van der Waals surface area contributed by atoms with Gasteiger partial charge < -0.3 is 5.73 Å². The predicted molar refractivity (Wildman–Crippen MR) is 64.8 cm³/mol. The van der Waals surface area contributed by atoms with Crippen molar-refractivity contribution < 1.29 is 0 Å². The predicted octanol–water partition coefficient (Wildman–Crippen LogP) is 2.60. The zero-order valence-electron chi connectivity index (χ0n) is 9.83. The van der Waals surface area contributed by atoms with Crippen molar-refractivity contribution in [1.82, 2.24) is 4.90 Å². The maximum absolute atomic E-state index is 5.80. The van der Waals surface area contributed by atoms with Crippen LogP contribution in [0.15, 0.2) is 18.2 Å². The Hall–Kier alpha value is -1.02. The molecule has 2 nitrogen and oxygen atoms in total. The van der Waals surface area contributed by atoms with Gasteiger partial charge in [0.05, 0.1) is 0 Å². The van der Waals surface area contributed by atoms with Crippen LogP contribution in [0.25, 0.3) is 0 Å². The average molecular weight is 204 g/mol. The molecule has 82 valence electrons. The zero-order chi connectivity index (χ0) is 11.0. The van der Waals surface area contributed by atoms with Crippen LogP contribution >= 0.6 is 0 Å². The molecular weight excluding hydrogens is 184 g/mol. The second kappa shape index (κ2) is 3.86.